The smallest absolute Gasteiger partial charge is 0.238 e. The predicted molar refractivity (Wildman–Crippen MR) is 40.8 cm³/mol. The van der Waals surface area contributed by atoms with E-state index in [0.717, 1.165) is 11.8 Å². The van der Waals surface area contributed by atoms with Gasteiger partial charge in [-0.1, -0.05) is 11.8 Å². The summed E-state index contributed by atoms with van der Waals surface area (Å²) in [5, 5.41) is 6.03. The number of aromatic amines is 1. The van der Waals surface area contributed by atoms with Crippen LogP contribution in [0.1, 0.15) is 10.5 Å². The topological polar surface area (TPSA) is 71.8 Å². The number of nitrogens with one attached hydrogen (secondary N) is 1. The number of carbonyl (C=O) groups is 1. The fourth-order valence-electron chi connectivity index (χ4n) is 0.561. The number of nitrogens with zero attached hydrogens (tertiary/aromatic N) is 1. The molecule has 10 heavy (non-hydrogen) atoms. The molecule has 0 spiro atoms. The van der Waals surface area contributed by atoms with Crippen molar-refractivity contribution < 1.29 is 4.79 Å². The maximum atomic E-state index is 10.9. The molecule has 0 unspecified atom stereocenters. The summed E-state index contributed by atoms with van der Waals surface area (Å²) in [5.41, 5.74) is 6.17. The molecule has 1 rings (SSSR count). The van der Waals surface area contributed by atoms with Crippen LogP contribution in [0, 0.1) is 0 Å². The van der Waals surface area contributed by atoms with Crippen molar-refractivity contribution in [2.24, 2.45) is 0 Å². The summed E-state index contributed by atoms with van der Waals surface area (Å²) in [5.74, 6) is 0. The molecule has 0 bridgehead atoms. The third-order valence-corrected chi connectivity index (χ3v) is 1.63. The standard InChI is InChI=1S/C5H7N3OS/c1-10-5(9)4-3(6)2-7-8-4/h2H,6H2,1H3,(H,7,8). The first-order valence-electron chi connectivity index (χ1n) is 2.63. The van der Waals surface area contributed by atoms with Gasteiger partial charge in [-0.3, -0.25) is 9.89 Å². The Morgan fingerprint density at radius 1 is 1.90 bits per heavy atom. The number of rotatable bonds is 1. The minimum atomic E-state index is -0.0880. The fraction of sp³-hybridized carbons (Fsp3) is 0.200. The number of thioether (sulfide) groups is 1. The molecular formula is C5H7N3OS. The van der Waals surface area contributed by atoms with Crippen LogP contribution < -0.4 is 5.73 Å². The molecule has 3 N–H and O–H groups in total. The molecule has 1 aromatic heterocycles. The Balaban J connectivity index is 2.93. The first-order valence-corrected chi connectivity index (χ1v) is 3.85. The molecule has 0 radical (unpaired) electrons. The van der Waals surface area contributed by atoms with Gasteiger partial charge in [-0.15, -0.1) is 0 Å². The molecule has 0 aliphatic rings. The summed E-state index contributed by atoms with van der Waals surface area (Å²) in [7, 11) is 0. The second-order valence-electron chi connectivity index (χ2n) is 1.69. The Morgan fingerprint density at radius 2 is 2.60 bits per heavy atom. The zero-order valence-corrected chi connectivity index (χ0v) is 6.23. The number of hydrogen-bond acceptors (Lipinski definition) is 4. The van der Waals surface area contributed by atoms with Gasteiger partial charge in [0.15, 0.2) is 0 Å². The fourth-order valence-corrected chi connectivity index (χ4v) is 0.929. The van der Waals surface area contributed by atoms with E-state index in [9.17, 15) is 4.79 Å². The van der Waals surface area contributed by atoms with Gasteiger partial charge in [-0.05, 0) is 6.26 Å². The van der Waals surface area contributed by atoms with E-state index in [-0.39, 0.29) is 5.12 Å². The van der Waals surface area contributed by atoms with Gasteiger partial charge in [0, 0.05) is 0 Å². The van der Waals surface area contributed by atoms with E-state index in [1.54, 1.807) is 6.26 Å². The van der Waals surface area contributed by atoms with Gasteiger partial charge in [0.25, 0.3) is 0 Å². The molecule has 1 aromatic rings. The van der Waals surface area contributed by atoms with Crippen molar-refractivity contribution in [2.75, 3.05) is 12.0 Å². The Hall–Kier alpha value is -0.970. The molecule has 0 aliphatic heterocycles. The molecule has 0 saturated carbocycles. The maximum absolute atomic E-state index is 10.9. The third kappa shape index (κ3) is 1.13. The van der Waals surface area contributed by atoms with Gasteiger partial charge in [0.2, 0.25) is 5.12 Å². The van der Waals surface area contributed by atoms with Crippen LogP contribution >= 0.6 is 11.8 Å². The van der Waals surface area contributed by atoms with E-state index in [2.05, 4.69) is 10.2 Å². The van der Waals surface area contributed by atoms with Crippen LogP contribution in [0.2, 0.25) is 0 Å². The van der Waals surface area contributed by atoms with Gasteiger partial charge in [-0.2, -0.15) is 5.10 Å². The summed E-state index contributed by atoms with van der Waals surface area (Å²) in [4.78, 5) is 10.9. The van der Waals surface area contributed by atoms with Crippen molar-refractivity contribution in [2.45, 2.75) is 0 Å². The molecule has 54 valence electrons. The van der Waals surface area contributed by atoms with E-state index in [1.807, 2.05) is 0 Å². The van der Waals surface area contributed by atoms with E-state index >= 15 is 0 Å². The monoisotopic (exact) mass is 157 g/mol. The molecule has 0 saturated heterocycles. The second-order valence-corrected chi connectivity index (χ2v) is 2.47. The molecular weight excluding hydrogens is 150 g/mol. The zero-order valence-electron chi connectivity index (χ0n) is 5.42. The summed E-state index contributed by atoms with van der Waals surface area (Å²) < 4.78 is 0. The Morgan fingerprint density at radius 3 is 3.00 bits per heavy atom. The summed E-state index contributed by atoms with van der Waals surface area (Å²) in [6, 6.07) is 0. The number of anilines is 1. The quantitative estimate of drug-likeness (QED) is 0.622. The van der Waals surface area contributed by atoms with Gasteiger partial charge in [-0.25, -0.2) is 0 Å². The lowest BCUT2D eigenvalue weighted by atomic mass is 10.4. The lowest BCUT2D eigenvalue weighted by Crippen LogP contribution is -1.97. The van der Waals surface area contributed by atoms with Crippen molar-refractivity contribution >= 4 is 22.6 Å². The second kappa shape index (κ2) is 2.74. The van der Waals surface area contributed by atoms with Crippen LogP contribution in [0.15, 0.2) is 6.20 Å². The number of nitrogen functional groups attached to an aromatic ring is 1. The van der Waals surface area contributed by atoms with Gasteiger partial charge >= 0.3 is 0 Å². The van der Waals surface area contributed by atoms with Crippen molar-refractivity contribution in [3.05, 3.63) is 11.9 Å². The molecule has 0 aromatic carbocycles. The Kier molecular flexibility index (Phi) is 1.96. The van der Waals surface area contributed by atoms with E-state index in [1.165, 1.54) is 6.20 Å². The van der Waals surface area contributed by atoms with E-state index in [0.29, 0.717) is 11.4 Å². The first kappa shape index (κ1) is 7.14. The molecule has 4 nitrogen and oxygen atoms in total. The molecule has 0 aliphatic carbocycles. The highest BCUT2D eigenvalue weighted by Gasteiger charge is 2.08. The zero-order chi connectivity index (χ0) is 7.56. The van der Waals surface area contributed by atoms with Crippen LogP contribution in [0.25, 0.3) is 0 Å². The predicted octanol–water partition coefficient (Wildman–Crippen LogP) is 0.495. The van der Waals surface area contributed by atoms with Crippen LogP contribution in [0.5, 0.6) is 0 Å². The highest BCUT2D eigenvalue weighted by molar-refractivity contribution is 8.13. The Labute approximate surface area is 62.2 Å². The number of aromatic nitrogens is 2. The third-order valence-electron chi connectivity index (χ3n) is 1.06. The number of hydrogen-bond donors (Lipinski definition) is 2. The lowest BCUT2D eigenvalue weighted by molar-refractivity contribution is 0.108. The first-order chi connectivity index (χ1) is 4.75. The number of nitrogens with two attached hydrogens (primary N) is 1. The number of carbonyl (C=O) groups excluding carboxylic acids is 1. The van der Waals surface area contributed by atoms with Gasteiger partial charge in [0.1, 0.15) is 5.69 Å². The highest BCUT2D eigenvalue weighted by atomic mass is 32.2. The van der Waals surface area contributed by atoms with Crippen LogP contribution in [-0.2, 0) is 0 Å². The van der Waals surface area contributed by atoms with Crippen LogP contribution in [0.3, 0.4) is 0 Å². The number of H-pyrrole nitrogens is 1. The largest absolute Gasteiger partial charge is 0.396 e. The van der Waals surface area contributed by atoms with E-state index < -0.39 is 0 Å². The average Bonchev–Trinajstić information content (AvgIpc) is 2.34. The van der Waals surface area contributed by atoms with Crippen LogP contribution in [-0.4, -0.2) is 21.6 Å². The van der Waals surface area contributed by atoms with Crippen molar-refractivity contribution in [3.8, 4) is 0 Å². The summed E-state index contributed by atoms with van der Waals surface area (Å²) in [6.45, 7) is 0. The van der Waals surface area contributed by atoms with Crippen molar-refractivity contribution in [1.82, 2.24) is 10.2 Å². The molecule has 0 atom stereocenters. The van der Waals surface area contributed by atoms with Crippen LogP contribution in [0.4, 0.5) is 5.69 Å². The summed E-state index contributed by atoms with van der Waals surface area (Å²) in [6.07, 6.45) is 3.12. The van der Waals surface area contributed by atoms with Crippen molar-refractivity contribution in [1.29, 1.82) is 0 Å². The lowest BCUT2D eigenvalue weighted by Gasteiger charge is -1.90. The highest BCUT2D eigenvalue weighted by Crippen LogP contribution is 2.12. The van der Waals surface area contributed by atoms with Crippen molar-refractivity contribution in [3.63, 3.8) is 0 Å². The SMILES string of the molecule is CSC(=O)c1[nH]ncc1N. The van der Waals surface area contributed by atoms with E-state index in [4.69, 9.17) is 5.73 Å². The maximum Gasteiger partial charge on any atom is 0.238 e. The average molecular weight is 157 g/mol. The Bertz CT molecular complexity index is 245. The molecule has 0 amide bonds. The minimum absolute atomic E-state index is 0.0880. The normalized spacial score (nSPS) is 9.70. The molecule has 5 heteroatoms. The van der Waals surface area contributed by atoms with Gasteiger partial charge < -0.3 is 5.73 Å². The molecule has 1 heterocycles. The van der Waals surface area contributed by atoms with Gasteiger partial charge in [0.05, 0.1) is 11.9 Å². The summed E-state index contributed by atoms with van der Waals surface area (Å²) >= 11 is 1.11. The minimum Gasteiger partial charge on any atom is -0.396 e. The molecule has 0 fully saturated rings.